The maximum Gasteiger partial charge on any atom is 0.306 e. The highest BCUT2D eigenvalue weighted by atomic mass is 16.6. The van der Waals surface area contributed by atoms with Gasteiger partial charge in [-0.1, -0.05) is 172 Å². The van der Waals surface area contributed by atoms with Gasteiger partial charge in [0.2, 0.25) is 0 Å². The third-order valence-corrected chi connectivity index (χ3v) is 8.78. The van der Waals surface area contributed by atoms with Crippen LogP contribution in [-0.2, 0) is 23.9 Å². The minimum atomic E-state index is -0.862. The van der Waals surface area contributed by atoms with Crippen molar-refractivity contribution in [2.45, 2.75) is 194 Å². The summed E-state index contributed by atoms with van der Waals surface area (Å²) in [6, 6.07) is 0. The van der Waals surface area contributed by atoms with Crippen molar-refractivity contribution in [1.29, 1.82) is 0 Å². The largest absolute Gasteiger partial charge is 0.462 e. The molecule has 0 heterocycles. The van der Waals surface area contributed by atoms with Gasteiger partial charge in [-0.3, -0.25) is 14.4 Å². The SMILES string of the molecule is CCCCC/C=C\C/C=C\C/C=C\C=C\C(=O)CCCC(=O)OC[C@H](CO)OC(=O)CCCCCCCCCCCCCCCCCC(C)C. The van der Waals surface area contributed by atoms with Crippen LogP contribution in [0.4, 0.5) is 0 Å². The van der Waals surface area contributed by atoms with E-state index in [4.69, 9.17) is 9.47 Å². The van der Waals surface area contributed by atoms with Gasteiger partial charge >= 0.3 is 11.9 Å². The lowest BCUT2D eigenvalue weighted by Crippen LogP contribution is -2.28. The Balaban J connectivity index is 3.72. The molecule has 1 atom stereocenters. The molecule has 50 heavy (non-hydrogen) atoms. The molecule has 0 unspecified atom stereocenters. The molecule has 0 amide bonds. The Bertz CT molecular complexity index is 915. The van der Waals surface area contributed by atoms with Crippen LogP contribution in [0.1, 0.15) is 188 Å². The fourth-order valence-electron chi connectivity index (χ4n) is 5.63. The van der Waals surface area contributed by atoms with E-state index in [1.807, 2.05) is 12.2 Å². The van der Waals surface area contributed by atoms with Crippen molar-refractivity contribution < 1.29 is 29.0 Å². The van der Waals surface area contributed by atoms with E-state index in [0.29, 0.717) is 12.8 Å². The van der Waals surface area contributed by atoms with Crippen molar-refractivity contribution in [2.75, 3.05) is 13.2 Å². The molecule has 1 N–H and O–H groups in total. The first-order chi connectivity index (χ1) is 24.4. The Morgan fingerprint density at radius 2 is 1.12 bits per heavy atom. The van der Waals surface area contributed by atoms with Crippen LogP contribution in [0.3, 0.4) is 0 Å². The zero-order chi connectivity index (χ0) is 36.8. The second-order valence-corrected chi connectivity index (χ2v) is 14.2. The van der Waals surface area contributed by atoms with E-state index in [-0.39, 0.29) is 31.2 Å². The molecule has 0 aromatic rings. The van der Waals surface area contributed by atoms with Gasteiger partial charge < -0.3 is 14.6 Å². The number of esters is 2. The first-order valence-electron chi connectivity index (χ1n) is 20.5. The summed E-state index contributed by atoms with van der Waals surface area (Å²) in [6.07, 6.45) is 43.1. The highest BCUT2D eigenvalue weighted by molar-refractivity contribution is 5.90. The summed E-state index contributed by atoms with van der Waals surface area (Å²) in [5.41, 5.74) is 0. The molecule has 0 aliphatic heterocycles. The smallest absolute Gasteiger partial charge is 0.306 e. The molecule has 0 fully saturated rings. The number of ether oxygens (including phenoxy) is 2. The van der Waals surface area contributed by atoms with Crippen LogP contribution in [-0.4, -0.2) is 42.1 Å². The molecular weight excluding hydrogens is 624 g/mol. The number of hydrogen-bond acceptors (Lipinski definition) is 6. The lowest BCUT2D eigenvalue weighted by molar-refractivity contribution is -0.161. The van der Waals surface area contributed by atoms with Crippen LogP contribution < -0.4 is 0 Å². The highest BCUT2D eigenvalue weighted by Crippen LogP contribution is 2.15. The van der Waals surface area contributed by atoms with Gasteiger partial charge in [-0.15, -0.1) is 0 Å². The van der Waals surface area contributed by atoms with E-state index in [1.54, 1.807) is 6.08 Å². The topological polar surface area (TPSA) is 89.9 Å². The van der Waals surface area contributed by atoms with Crippen LogP contribution in [0.2, 0.25) is 0 Å². The van der Waals surface area contributed by atoms with Crippen molar-refractivity contribution >= 4 is 17.7 Å². The van der Waals surface area contributed by atoms with Crippen molar-refractivity contribution in [2.24, 2.45) is 5.92 Å². The van der Waals surface area contributed by atoms with Crippen molar-refractivity contribution in [3.05, 3.63) is 48.6 Å². The molecule has 0 aromatic carbocycles. The van der Waals surface area contributed by atoms with E-state index in [9.17, 15) is 19.5 Å². The Morgan fingerprint density at radius 3 is 1.70 bits per heavy atom. The summed E-state index contributed by atoms with van der Waals surface area (Å²) in [5.74, 6) is -0.0472. The van der Waals surface area contributed by atoms with Crippen LogP contribution in [0.5, 0.6) is 0 Å². The first-order valence-corrected chi connectivity index (χ1v) is 20.5. The fourth-order valence-corrected chi connectivity index (χ4v) is 5.63. The van der Waals surface area contributed by atoms with Crippen LogP contribution in [0.15, 0.2) is 48.6 Å². The molecule has 0 saturated carbocycles. The predicted octanol–water partition coefficient (Wildman–Crippen LogP) is 12.0. The van der Waals surface area contributed by atoms with Gasteiger partial charge in [0.05, 0.1) is 6.61 Å². The molecule has 0 saturated heterocycles. The zero-order valence-corrected chi connectivity index (χ0v) is 32.6. The highest BCUT2D eigenvalue weighted by Gasteiger charge is 2.16. The molecule has 6 nitrogen and oxygen atoms in total. The zero-order valence-electron chi connectivity index (χ0n) is 32.6. The Hall–Kier alpha value is -2.47. The van der Waals surface area contributed by atoms with E-state index < -0.39 is 18.7 Å². The van der Waals surface area contributed by atoms with Gasteiger partial charge in [0.25, 0.3) is 0 Å². The number of ketones is 1. The summed E-state index contributed by atoms with van der Waals surface area (Å²) >= 11 is 0. The maximum absolute atomic E-state index is 12.2. The minimum Gasteiger partial charge on any atom is -0.462 e. The number of unbranched alkanes of at least 4 members (excludes halogenated alkanes) is 17. The molecule has 0 radical (unpaired) electrons. The molecule has 0 spiro atoms. The fraction of sp³-hybridized carbons (Fsp3) is 0.750. The van der Waals surface area contributed by atoms with Gasteiger partial charge in [-0.2, -0.15) is 0 Å². The normalized spacial score (nSPS) is 12.7. The van der Waals surface area contributed by atoms with E-state index in [1.165, 1.54) is 109 Å². The number of rotatable bonds is 36. The van der Waals surface area contributed by atoms with Gasteiger partial charge in [0, 0.05) is 19.3 Å². The summed E-state index contributed by atoms with van der Waals surface area (Å²) in [7, 11) is 0. The molecule has 0 bridgehead atoms. The van der Waals surface area contributed by atoms with Gasteiger partial charge in [0.1, 0.15) is 6.61 Å². The molecule has 0 rings (SSSR count). The monoisotopic (exact) mass is 701 g/mol. The lowest BCUT2D eigenvalue weighted by Gasteiger charge is -2.15. The Kier molecular flexibility index (Phi) is 35.9. The molecular formula is C44H76O6. The van der Waals surface area contributed by atoms with Crippen molar-refractivity contribution in [3.63, 3.8) is 0 Å². The average molecular weight is 701 g/mol. The first kappa shape index (κ1) is 47.5. The number of carbonyl (C=O) groups excluding carboxylic acids is 3. The third-order valence-electron chi connectivity index (χ3n) is 8.78. The number of hydrogen-bond donors (Lipinski definition) is 1. The van der Waals surface area contributed by atoms with Crippen LogP contribution in [0, 0.1) is 5.92 Å². The van der Waals surface area contributed by atoms with Crippen molar-refractivity contribution in [1.82, 2.24) is 0 Å². The van der Waals surface area contributed by atoms with Crippen LogP contribution in [0.25, 0.3) is 0 Å². The predicted molar refractivity (Wildman–Crippen MR) is 210 cm³/mol. The van der Waals surface area contributed by atoms with E-state index in [0.717, 1.165) is 44.4 Å². The second-order valence-electron chi connectivity index (χ2n) is 14.2. The number of allylic oxidation sites excluding steroid dienone is 8. The molecule has 0 aromatic heterocycles. The molecule has 288 valence electrons. The van der Waals surface area contributed by atoms with Gasteiger partial charge in [-0.05, 0) is 50.5 Å². The van der Waals surface area contributed by atoms with Crippen LogP contribution >= 0.6 is 0 Å². The summed E-state index contributed by atoms with van der Waals surface area (Å²) in [5, 5.41) is 9.55. The molecule has 6 heteroatoms. The summed E-state index contributed by atoms with van der Waals surface area (Å²) in [6.45, 7) is 6.25. The number of aliphatic hydroxyl groups excluding tert-OH is 1. The Labute approximate surface area is 307 Å². The molecule has 0 aliphatic rings. The quantitative estimate of drug-likeness (QED) is 0.0230. The average Bonchev–Trinajstić information content (AvgIpc) is 3.09. The minimum absolute atomic E-state index is 0.0486. The Morgan fingerprint density at radius 1 is 0.580 bits per heavy atom. The summed E-state index contributed by atoms with van der Waals surface area (Å²) in [4.78, 5) is 36.3. The third kappa shape index (κ3) is 36.8. The number of aliphatic hydroxyl groups is 1. The van der Waals surface area contributed by atoms with E-state index >= 15 is 0 Å². The van der Waals surface area contributed by atoms with E-state index in [2.05, 4.69) is 45.1 Å². The van der Waals surface area contributed by atoms with Crippen molar-refractivity contribution in [3.8, 4) is 0 Å². The van der Waals surface area contributed by atoms with Gasteiger partial charge in [-0.25, -0.2) is 0 Å². The summed E-state index contributed by atoms with van der Waals surface area (Å²) < 4.78 is 10.5. The lowest BCUT2D eigenvalue weighted by atomic mass is 10.0. The second kappa shape index (κ2) is 37.8. The number of carbonyl (C=O) groups is 3. The maximum atomic E-state index is 12.2. The molecule has 0 aliphatic carbocycles. The van der Waals surface area contributed by atoms with Gasteiger partial charge in [0.15, 0.2) is 11.9 Å². The standard InChI is InChI=1S/C44H76O6/c1-4-5-6-7-8-9-10-14-18-21-24-27-30-34-41(46)35-32-37-43(47)49-39-42(38-45)50-44(48)36-31-28-25-22-19-16-13-11-12-15-17-20-23-26-29-33-40(2)3/h8-9,14,18,24,27,30,34,40,42,45H,4-7,10-13,15-17,19-23,25-26,28-29,31-33,35-39H2,1-3H3/b9-8-,18-14-,27-24-,34-30+/t42-/m0/s1.